The van der Waals surface area contributed by atoms with Crippen molar-refractivity contribution in [3.8, 4) is 0 Å². The second kappa shape index (κ2) is 17.8. The summed E-state index contributed by atoms with van der Waals surface area (Å²) in [7, 11) is 3.48. The van der Waals surface area contributed by atoms with E-state index >= 15 is 0 Å². The minimum atomic E-state index is -0.697. The number of piperazine rings is 2. The quantitative estimate of drug-likeness (QED) is 0.182. The number of nitrogens with zero attached hydrogens (tertiary/aromatic N) is 11. The molecule has 4 aromatic heterocycles. The van der Waals surface area contributed by atoms with Crippen LogP contribution in [0.25, 0.3) is 22.2 Å². The normalized spacial score (nSPS) is 14.9. The second-order valence-corrected chi connectivity index (χ2v) is 15.5. The van der Waals surface area contributed by atoms with Crippen LogP contribution in [0.15, 0.2) is 81.9 Å². The molecule has 2 aliphatic rings. The average molecular weight is 844 g/mol. The summed E-state index contributed by atoms with van der Waals surface area (Å²) in [4.78, 5) is 81.9. The van der Waals surface area contributed by atoms with Crippen LogP contribution in [-0.2, 0) is 17.9 Å². The van der Waals surface area contributed by atoms with Gasteiger partial charge in [0.25, 0.3) is 0 Å². The molecule has 2 N–H and O–H groups in total. The van der Waals surface area contributed by atoms with Crippen LogP contribution < -0.4 is 20.7 Å². The standard InChI is InChI=1S/C43H49N13O6/c1-28-12-14-31(24-44-28)55(41(58)46-33-8-6-10-35-39(33)48-37(61-35)26-51-16-20-53(21-17-51)30(3)57)56(32-15-13-29(2)45-25-32)42(59)47-34-9-7-11-36-40(34)49-38(62-36)27-52-18-22-54(23-19-52)43(60)50(4)5/h6-15,24-25H,16-23,26-27H2,1-5H3,(H,46,58)(H,47,59). The highest BCUT2D eigenvalue weighted by atomic mass is 16.4. The fraction of sp³-hybridized carbons (Fsp3) is 0.349. The van der Waals surface area contributed by atoms with Crippen LogP contribution in [0.1, 0.15) is 30.1 Å². The summed E-state index contributed by atoms with van der Waals surface area (Å²) in [6.45, 7) is 11.1. The number of rotatable bonds is 8. The minimum Gasteiger partial charge on any atom is -0.439 e. The molecule has 2 saturated heterocycles. The predicted octanol–water partition coefficient (Wildman–Crippen LogP) is 5.53. The van der Waals surface area contributed by atoms with E-state index in [-0.39, 0.29) is 23.3 Å². The van der Waals surface area contributed by atoms with Gasteiger partial charge in [-0.25, -0.2) is 24.4 Å². The highest BCUT2D eigenvalue weighted by molar-refractivity contribution is 6.15. The fourth-order valence-corrected chi connectivity index (χ4v) is 7.46. The first-order chi connectivity index (χ1) is 29.9. The van der Waals surface area contributed by atoms with Crippen LogP contribution in [0.5, 0.6) is 0 Å². The van der Waals surface area contributed by atoms with E-state index < -0.39 is 12.1 Å². The summed E-state index contributed by atoms with van der Waals surface area (Å²) < 4.78 is 12.3. The smallest absolute Gasteiger partial charge is 0.346 e. The van der Waals surface area contributed by atoms with E-state index in [9.17, 15) is 19.2 Å². The number of aromatic nitrogens is 4. The van der Waals surface area contributed by atoms with E-state index in [0.717, 1.165) is 0 Å². The van der Waals surface area contributed by atoms with E-state index in [4.69, 9.17) is 18.8 Å². The molecule has 2 aliphatic heterocycles. The SMILES string of the molecule is CC(=O)N1CCN(Cc2nc3c(NC(=O)N(c4ccc(C)nc4)N(C(=O)Nc4cccc5oc(CN6CCN(C(=O)N(C)C)CC6)nc45)c4ccc(C)nc4)cccc3o2)CC1. The molecular weight excluding hydrogens is 795 g/mol. The zero-order valence-electron chi connectivity index (χ0n) is 35.4. The lowest BCUT2D eigenvalue weighted by molar-refractivity contribution is -0.130. The van der Waals surface area contributed by atoms with Crippen molar-refractivity contribution in [1.82, 2.24) is 44.4 Å². The molecule has 0 radical (unpaired) electrons. The lowest BCUT2D eigenvalue weighted by Gasteiger charge is -2.35. The number of fused-ring (bicyclic) bond motifs is 2. The van der Waals surface area contributed by atoms with E-state index in [1.807, 2.05) is 23.6 Å². The molecule has 2 fully saturated rings. The Balaban J connectivity index is 1.07. The van der Waals surface area contributed by atoms with E-state index in [1.165, 1.54) is 22.4 Å². The van der Waals surface area contributed by atoms with Crippen molar-refractivity contribution in [2.75, 3.05) is 87.1 Å². The molecule has 2 aromatic carbocycles. The van der Waals surface area contributed by atoms with E-state index in [2.05, 4.69) is 30.4 Å². The number of carbonyl (C=O) groups excluding carboxylic acids is 4. The summed E-state index contributed by atoms with van der Waals surface area (Å²) in [5, 5.41) is 8.35. The highest BCUT2D eigenvalue weighted by Crippen LogP contribution is 2.30. The molecule has 6 aromatic rings. The molecule has 0 unspecified atom stereocenters. The van der Waals surface area contributed by atoms with Gasteiger partial charge in [-0.3, -0.25) is 24.6 Å². The number of anilines is 4. The molecule has 6 heterocycles. The van der Waals surface area contributed by atoms with Gasteiger partial charge in [-0.2, -0.15) is 10.0 Å². The van der Waals surface area contributed by atoms with Crippen molar-refractivity contribution in [1.29, 1.82) is 0 Å². The molecule has 62 heavy (non-hydrogen) atoms. The van der Waals surface area contributed by atoms with Gasteiger partial charge in [0, 0.05) is 84.8 Å². The second-order valence-electron chi connectivity index (χ2n) is 15.5. The van der Waals surface area contributed by atoms with Gasteiger partial charge in [0.1, 0.15) is 11.0 Å². The number of hydrogen-bond acceptors (Lipinski definition) is 12. The predicted molar refractivity (Wildman–Crippen MR) is 232 cm³/mol. The number of urea groups is 3. The Kier molecular flexibility index (Phi) is 12.0. The van der Waals surface area contributed by atoms with Gasteiger partial charge in [0.2, 0.25) is 17.7 Å². The minimum absolute atomic E-state index is 0.0210. The Bertz CT molecular complexity index is 2580. The van der Waals surface area contributed by atoms with Crippen LogP contribution >= 0.6 is 0 Å². The molecule has 8 rings (SSSR count). The van der Waals surface area contributed by atoms with Crippen molar-refractivity contribution in [3.05, 3.63) is 96.2 Å². The maximum Gasteiger partial charge on any atom is 0.346 e. The largest absolute Gasteiger partial charge is 0.439 e. The summed E-state index contributed by atoms with van der Waals surface area (Å²) in [5.74, 6) is 0.978. The summed E-state index contributed by atoms with van der Waals surface area (Å²) >= 11 is 0. The van der Waals surface area contributed by atoms with E-state index in [1.54, 1.807) is 86.6 Å². The maximum absolute atomic E-state index is 14.8. The van der Waals surface area contributed by atoms with Gasteiger partial charge in [0.05, 0.1) is 48.2 Å². The van der Waals surface area contributed by atoms with Crippen molar-refractivity contribution < 1.29 is 28.0 Å². The van der Waals surface area contributed by atoms with E-state index in [0.29, 0.717) is 122 Å². The number of oxazole rings is 2. The average Bonchev–Trinajstić information content (AvgIpc) is 3.88. The van der Waals surface area contributed by atoms with Gasteiger partial charge in [-0.1, -0.05) is 12.1 Å². The van der Waals surface area contributed by atoms with Gasteiger partial charge in [-0.05, 0) is 62.4 Å². The molecule has 19 nitrogen and oxygen atoms in total. The Labute approximate surface area is 357 Å². The first kappa shape index (κ1) is 41.6. The molecule has 7 amide bonds. The van der Waals surface area contributed by atoms with Crippen molar-refractivity contribution in [2.24, 2.45) is 0 Å². The number of hydrogen-bond donors (Lipinski definition) is 2. The fourth-order valence-electron chi connectivity index (χ4n) is 7.46. The number of hydrazine groups is 1. The third-order valence-electron chi connectivity index (χ3n) is 10.8. The molecule has 322 valence electrons. The summed E-state index contributed by atoms with van der Waals surface area (Å²) in [6, 6.07) is 16.0. The van der Waals surface area contributed by atoms with Crippen LogP contribution in [0.4, 0.5) is 37.1 Å². The number of pyridine rings is 2. The number of carbonyl (C=O) groups is 4. The van der Waals surface area contributed by atoms with Gasteiger partial charge in [0.15, 0.2) is 11.2 Å². The number of benzene rings is 2. The van der Waals surface area contributed by atoms with Crippen LogP contribution in [0.2, 0.25) is 0 Å². The molecule has 0 saturated carbocycles. The Morgan fingerprint density at radius 3 is 1.44 bits per heavy atom. The molecule has 19 heteroatoms. The molecule has 0 atom stereocenters. The Morgan fingerprint density at radius 2 is 1.05 bits per heavy atom. The van der Waals surface area contributed by atoms with Crippen LogP contribution in [0.3, 0.4) is 0 Å². The number of aryl methyl sites for hydroxylation is 2. The topological polar surface area (TPSA) is 193 Å². The lowest BCUT2D eigenvalue weighted by Crippen LogP contribution is -2.54. The number of amides is 7. The van der Waals surface area contributed by atoms with Crippen molar-refractivity contribution in [3.63, 3.8) is 0 Å². The molecule has 0 bridgehead atoms. The Hall–Kier alpha value is -7.12. The zero-order valence-corrected chi connectivity index (χ0v) is 35.4. The zero-order chi connectivity index (χ0) is 43.5. The number of nitrogens with one attached hydrogen (secondary N) is 2. The third kappa shape index (κ3) is 9.13. The highest BCUT2D eigenvalue weighted by Gasteiger charge is 2.32. The molecule has 0 spiro atoms. The van der Waals surface area contributed by atoms with Gasteiger partial charge < -0.3 is 34.2 Å². The van der Waals surface area contributed by atoms with Crippen LogP contribution in [0, 0.1) is 13.8 Å². The Morgan fingerprint density at radius 1 is 0.613 bits per heavy atom. The van der Waals surface area contributed by atoms with Crippen molar-refractivity contribution >= 4 is 68.9 Å². The summed E-state index contributed by atoms with van der Waals surface area (Å²) in [5.41, 5.74) is 4.53. The maximum atomic E-state index is 14.8. The van der Waals surface area contributed by atoms with Crippen molar-refractivity contribution in [2.45, 2.75) is 33.9 Å². The molecule has 0 aliphatic carbocycles. The van der Waals surface area contributed by atoms with Gasteiger partial charge in [-0.15, -0.1) is 0 Å². The number of para-hydroxylation sites is 2. The lowest BCUT2D eigenvalue weighted by atomic mass is 10.2. The first-order valence-electron chi connectivity index (χ1n) is 20.4. The summed E-state index contributed by atoms with van der Waals surface area (Å²) in [6.07, 6.45) is 3.02. The first-order valence-corrected chi connectivity index (χ1v) is 20.4. The van der Waals surface area contributed by atoms with Crippen LogP contribution in [-0.4, -0.2) is 135 Å². The monoisotopic (exact) mass is 843 g/mol. The third-order valence-corrected chi connectivity index (χ3v) is 10.8. The van der Waals surface area contributed by atoms with Gasteiger partial charge >= 0.3 is 18.1 Å². The molecular formula is C43H49N13O6.